The molecule has 0 unspecified atom stereocenters. The topological polar surface area (TPSA) is 103 Å². The van der Waals surface area contributed by atoms with Crippen LogP contribution in [0.25, 0.3) is 22.2 Å². The molecule has 1 fully saturated rings. The molecule has 0 radical (unpaired) electrons. The molecule has 1 aliphatic rings. The summed E-state index contributed by atoms with van der Waals surface area (Å²) in [6, 6.07) is 11.4. The summed E-state index contributed by atoms with van der Waals surface area (Å²) >= 11 is 0. The Morgan fingerprint density at radius 3 is 2.26 bits per heavy atom. The molecule has 2 N–H and O–H groups in total. The molecular formula is C23H26F3N3O4S. The van der Waals surface area contributed by atoms with Gasteiger partial charge in [-0.2, -0.15) is 17.5 Å². The van der Waals surface area contributed by atoms with E-state index < -0.39 is 22.2 Å². The van der Waals surface area contributed by atoms with Crippen LogP contribution in [-0.4, -0.2) is 53.0 Å². The first kappa shape index (κ1) is 25.7. The van der Waals surface area contributed by atoms with E-state index in [1.165, 1.54) is 6.42 Å². The molecule has 0 bridgehead atoms. The second kappa shape index (κ2) is 10.1. The van der Waals surface area contributed by atoms with E-state index in [-0.39, 0.29) is 6.04 Å². The molecule has 0 amide bonds. The third-order valence-electron chi connectivity index (χ3n) is 5.84. The number of carboxylic acids is 1. The Labute approximate surface area is 195 Å². The van der Waals surface area contributed by atoms with Crippen molar-refractivity contribution in [2.45, 2.75) is 56.1 Å². The molecule has 2 heterocycles. The number of aliphatic carboxylic acids is 1. The van der Waals surface area contributed by atoms with Gasteiger partial charge in [-0.25, -0.2) is 18.2 Å². The molecule has 1 aliphatic carbocycles. The average molecular weight is 498 g/mol. The number of carboxylic acid groups (broad SMARTS) is 1. The Hall–Kier alpha value is -2.92. The lowest BCUT2D eigenvalue weighted by Gasteiger charge is -2.30. The molecule has 0 atom stereocenters. The SMILES string of the molecule is Cc1cc2c(-c3ccc(S(=O)(=O)N(C)C4CCCCC4)cc3)ccnc2[nH]1.O=C(O)C(F)(F)F. The van der Waals surface area contributed by atoms with Crippen molar-refractivity contribution in [1.82, 2.24) is 14.3 Å². The highest BCUT2D eigenvalue weighted by molar-refractivity contribution is 7.89. The van der Waals surface area contributed by atoms with E-state index in [1.807, 2.05) is 25.1 Å². The van der Waals surface area contributed by atoms with Crippen molar-refractivity contribution in [3.8, 4) is 11.1 Å². The summed E-state index contributed by atoms with van der Waals surface area (Å²) < 4.78 is 59.3. The minimum absolute atomic E-state index is 0.117. The highest BCUT2D eigenvalue weighted by Crippen LogP contribution is 2.30. The molecule has 34 heavy (non-hydrogen) atoms. The van der Waals surface area contributed by atoms with Crippen LogP contribution in [0.4, 0.5) is 13.2 Å². The first-order valence-corrected chi connectivity index (χ1v) is 12.2. The third-order valence-corrected chi connectivity index (χ3v) is 7.76. The molecule has 0 spiro atoms. The van der Waals surface area contributed by atoms with Crippen molar-refractivity contribution in [2.75, 3.05) is 7.05 Å². The Morgan fingerprint density at radius 2 is 1.71 bits per heavy atom. The van der Waals surface area contributed by atoms with E-state index in [0.29, 0.717) is 4.90 Å². The molecule has 0 aliphatic heterocycles. The number of aromatic amines is 1. The molecule has 11 heteroatoms. The first-order chi connectivity index (χ1) is 15.9. The maximum Gasteiger partial charge on any atom is 0.490 e. The van der Waals surface area contributed by atoms with E-state index in [9.17, 15) is 21.6 Å². The number of aromatic nitrogens is 2. The van der Waals surface area contributed by atoms with Gasteiger partial charge in [0, 0.05) is 30.4 Å². The predicted octanol–water partition coefficient (Wildman–Crippen LogP) is 5.12. The van der Waals surface area contributed by atoms with E-state index in [4.69, 9.17) is 9.90 Å². The minimum Gasteiger partial charge on any atom is -0.475 e. The van der Waals surface area contributed by atoms with Crippen LogP contribution in [0, 0.1) is 6.92 Å². The number of hydrogen-bond acceptors (Lipinski definition) is 4. The molecule has 3 aromatic rings. The molecule has 2 aromatic heterocycles. The van der Waals surface area contributed by atoms with Gasteiger partial charge >= 0.3 is 12.1 Å². The quantitative estimate of drug-likeness (QED) is 0.521. The van der Waals surface area contributed by atoms with Gasteiger partial charge in [0.25, 0.3) is 0 Å². The van der Waals surface area contributed by atoms with Crippen molar-refractivity contribution in [3.63, 3.8) is 0 Å². The summed E-state index contributed by atoms with van der Waals surface area (Å²) in [5.74, 6) is -2.76. The number of hydrogen-bond donors (Lipinski definition) is 2. The van der Waals surface area contributed by atoms with Crippen LogP contribution in [-0.2, 0) is 14.8 Å². The Kier molecular flexibility index (Phi) is 7.67. The van der Waals surface area contributed by atoms with E-state index >= 15 is 0 Å². The Bertz CT molecular complexity index is 1250. The maximum atomic E-state index is 13.0. The number of benzene rings is 1. The molecule has 1 saturated carbocycles. The Balaban J connectivity index is 0.000000406. The number of rotatable bonds is 4. The predicted molar refractivity (Wildman–Crippen MR) is 122 cm³/mol. The largest absolute Gasteiger partial charge is 0.490 e. The van der Waals surface area contributed by atoms with Crippen LogP contribution in [0.1, 0.15) is 37.8 Å². The van der Waals surface area contributed by atoms with Crippen molar-refractivity contribution >= 4 is 27.0 Å². The lowest BCUT2D eigenvalue weighted by atomic mass is 9.96. The van der Waals surface area contributed by atoms with Gasteiger partial charge in [-0.1, -0.05) is 31.4 Å². The summed E-state index contributed by atoms with van der Waals surface area (Å²) in [4.78, 5) is 16.9. The van der Waals surface area contributed by atoms with Crippen molar-refractivity contribution in [3.05, 3.63) is 48.3 Å². The number of nitrogens with one attached hydrogen (secondary N) is 1. The number of nitrogens with zero attached hydrogens (tertiary/aromatic N) is 2. The van der Waals surface area contributed by atoms with Crippen LogP contribution in [0.3, 0.4) is 0 Å². The van der Waals surface area contributed by atoms with Gasteiger partial charge in [0.2, 0.25) is 10.0 Å². The van der Waals surface area contributed by atoms with Gasteiger partial charge in [-0.3, -0.25) is 0 Å². The number of aryl methyl sites for hydroxylation is 1. The number of H-pyrrole nitrogens is 1. The summed E-state index contributed by atoms with van der Waals surface area (Å²) in [5.41, 5.74) is 3.94. The van der Waals surface area contributed by atoms with Crippen molar-refractivity contribution in [2.24, 2.45) is 0 Å². The normalized spacial score (nSPS) is 15.2. The number of pyridine rings is 1. The number of sulfonamides is 1. The second-order valence-corrected chi connectivity index (χ2v) is 10.2. The number of halogens is 3. The first-order valence-electron chi connectivity index (χ1n) is 10.7. The van der Waals surface area contributed by atoms with Crippen LogP contribution < -0.4 is 0 Å². The maximum absolute atomic E-state index is 13.0. The van der Waals surface area contributed by atoms with Gasteiger partial charge in [0.1, 0.15) is 5.65 Å². The monoisotopic (exact) mass is 497 g/mol. The van der Waals surface area contributed by atoms with Gasteiger partial charge in [0.05, 0.1) is 4.90 Å². The summed E-state index contributed by atoms with van der Waals surface area (Å²) in [6.07, 6.45) is 2.02. The third kappa shape index (κ3) is 5.76. The van der Waals surface area contributed by atoms with Gasteiger partial charge in [-0.15, -0.1) is 0 Å². The fourth-order valence-corrected chi connectivity index (χ4v) is 5.44. The van der Waals surface area contributed by atoms with Crippen LogP contribution in [0.2, 0.25) is 0 Å². The highest BCUT2D eigenvalue weighted by Gasteiger charge is 2.38. The molecule has 1 aromatic carbocycles. The smallest absolute Gasteiger partial charge is 0.475 e. The van der Waals surface area contributed by atoms with E-state index in [0.717, 1.165) is 53.5 Å². The van der Waals surface area contributed by atoms with Crippen LogP contribution in [0.5, 0.6) is 0 Å². The van der Waals surface area contributed by atoms with Gasteiger partial charge < -0.3 is 10.1 Å². The van der Waals surface area contributed by atoms with Crippen LogP contribution >= 0.6 is 0 Å². The zero-order valence-corrected chi connectivity index (χ0v) is 19.6. The van der Waals surface area contributed by atoms with Gasteiger partial charge in [-0.05, 0) is 55.2 Å². The molecule has 4 rings (SSSR count). The number of alkyl halides is 3. The summed E-state index contributed by atoms with van der Waals surface area (Å²) in [6.45, 7) is 2.00. The fourth-order valence-electron chi connectivity index (χ4n) is 4.02. The molecule has 184 valence electrons. The van der Waals surface area contributed by atoms with Crippen molar-refractivity contribution in [1.29, 1.82) is 0 Å². The second-order valence-electron chi connectivity index (χ2n) is 8.21. The Morgan fingerprint density at radius 1 is 1.12 bits per heavy atom. The van der Waals surface area contributed by atoms with Crippen molar-refractivity contribution < 1.29 is 31.5 Å². The highest BCUT2D eigenvalue weighted by atomic mass is 32.2. The fraction of sp³-hybridized carbons (Fsp3) is 0.391. The standard InChI is InChI=1S/C21H25N3O2S.C2HF3O2/c1-15-14-20-19(12-13-22-21(20)23-15)16-8-10-18(11-9-16)27(25,26)24(2)17-6-4-3-5-7-17;3-2(4,5)1(6)7/h8-14,17H,3-7H2,1-2H3,(H,22,23);(H,6,7). The molecular weight excluding hydrogens is 471 g/mol. The summed E-state index contributed by atoms with van der Waals surface area (Å²) in [7, 11) is -1.74. The van der Waals surface area contributed by atoms with Gasteiger partial charge in [0.15, 0.2) is 0 Å². The van der Waals surface area contributed by atoms with Crippen LogP contribution in [0.15, 0.2) is 47.5 Å². The zero-order chi connectivity index (χ0) is 25.1. The van der Waals surface area contributed by atoms with E-state index in [1.54, 1.807) is 29.7 Å². The average Bonchev–Trinajstić information content (AvgIpc) is 3.19. The summed E-state index contributed by atoms with van der Waals surface area (Å²) in [5, 5.41) is 8.17. The number of carbonyl (C=O) groups is 1. The molecule has 7 nitrogen and oxygen atoms in total. The lowest BCUT2D eigenvalue weighted by molar-refractivity contribution is -0.192. The zero-order valence-electron chi connectivity index (χ0n) is 18.8. The lowest BCUT2D eigenvalue weighted by Crippen LogP contribution is -2.38. The molecule has 0 saturated heterocycles. The number of fused-ring (bicyclic) bond motifs is 1. The minimum atomic E-state index is -5.08. The van der Waals surface area contributed by atoms with E-state index in [2.05, 4.69) is 16.0 Å².